The van der Waals surface area contributed by atoms with Gasteiger partial charge in [0, 0.05) is 11.1 Å². The van der Waals surface area contributed by atoms with Gasteiger partial charge >= 0.3 is 6.18 Å². The van der Waals surface area contributed by atoms with E-state index < -0.39 is 17.8 Å². The number of hydrogen-bond acceptors (Lipinski definition) is 1. The first-order valence-electron chi connectivity index (χ1n) is 8.78. The molecule has 0 N–H and O–H groups in total. The zero-order valence-electron chi connectivity index (χ0n) is 14.7. The summed E-state index contributed by atoms with van der Waals surface area (Å²) in [5, 5.41) is 12.8. The van der Waals surface area contributed by atoms with Crippen molar-refractivity contribution in [2.45, 2.75) is 12.2 Å². The van der Waals surface area contributed by atoms with Crippen LogP contribution < -0.4 is 0 Å². The largest absolute Gasteiger partial charge is 0.623 e. The van der Waals surface area contributed by atoms with Gasteiger partial charge in [0.25, 0.3) is 0 Å². The molecule has 0 spiro atoms. The highest BCUT2D eigenvalue weighted by atomic mass is 19.4. The maximum absolute atomic E-state index is 12.8. The van der Waals surface area contributed by atoms with Crippen LogP contribution in [0.25, 0.3) is 6.08 Å². The van der Waals surface area contributed by atoms with Crippen molar-refractivity contribution in [1.29, 1.82) is 0 Å². The highest BCUT2D eigenvalue weighted by Gasteiger charge is 2.43. The van der Waals surface area contributed by atoms with Gasteiger partial charge in [0.2, 0.25) is 11.8 Å². The van der Waals surface area contributed by atoms with E-state index in [-0.39, 0.29) is 0 Å². The minimum absolute atomic E-state index is 0.487. The Morgan fingerprint density at radius 1 is 0.786 bits per heavy atom. The quantitative estimate of drug-likeness (QED) is 0.414. The van der Waals surface area contributed by atoms with E-state index in [0.717, 1.165) is 33.6 Å². The Bertz CT molecular complexity index is 1040. The van der Waals surface area contributed by atoms with Crippen LogP contribution in [-0.4, -0.2) is 10.5 Å². The molecule has 0 bridgehead atoms. The van der Waals surface area contributed by atoms with Crippen molar-refractivity contribution in [3.05, 3.63) is 118 Å². The number of alkyl halides is 3. The smallest absolute Gasteiger partial charge is 0.416 e. The summed E-state index contributed by atoms with van der Waals surface area (Å²) in [6.45, 7) is 0. The monoisotopic (exact) mass is 379 g/mol. The Kier molecular flexibility index (Phi) is 4.51. The molecule has 1 atom stereocenters. The third kappa shape index (κ3) is 3.31. The van der Waals surface area contributed by atoms with E-state index in [1.807, 2.05) is 60.7 Å². The zero-order valence-corrected chi connectivity index (χ0v) is 14.7. The number of rotatable bonds is 3. The fourth-order valence-electron chi connectivity index (χ4n) is 3.38. The average Bonchev–Trinajstić information content (AvgIpc) is 2.69. The Morgan fingerprint density at radius 3 is 1.93 bits per heavy atom. The van der Waals surface area contributed by atoms with E-state index >= 15 is 0 Å². The van der Waals surface area contributed by atoms with Gasteiger partial charge in [-0.05, 0) is 35.9 Å². The molecule has 3 aromatic carbocycles. The van der Waals surface area contributed by atoms with Gasteiger partial charge in [-0.25, -0.2) is 0 Å². The van der Waals surface area contributed by atoms with Crippen LogP contribution in [0.5, 0.6) is 0 Å². The van der Waals surface area contributed by atoms with Gasteiger partial charge in [0.1, 0.15) is 0 Å². The van der Waals surface area contributed by atoms with Crippen LogP contribution in [0.4, 0.5) is 13.2 Å². The molecule has 3 aromatic rings. The topological polar surface area (TPSA) is 26.1 Å². The van der Waals surface area contributed by atoms with Crippen LogP contribution >= 0.6 is 0 Å². The second kappa shape index (κ2) is 7.00. The number of hydrogen-bond donors (Lipinski definition) is 0. The summed E-state index contributed by atoms with van der Waals surface area (Å²) in [7, 11) is 0. The molecule has 1 heterocycles. The number of benzene rings is 3. The Labute approximate surface area is 160 Å². The summed E-state index contributed by atoms with van der Waals surface area (Å²) in [6, 6.07) is 23.1. The predicted molar refractivity (Wildman–Crippen MR) is 103 cm³/mol. The fourth-order valence-corrected chi connectivity index (χ4v) is 3.38. The maximum atomic E-state index is 12.8. The average molecular weight is 379 g/mol. The first-order chi connectivity index (χ1) is 13.4. The molecule has 28 heavy (non-hydrogen) atoms. The number of nitrogens with zero attached hydrogens (tertiary/aromatic N) is 1. The van der Waals surface area contributed by atoms with E-state index in [4.69, 9.17) is 0 Å². The highest BCUT2D eigenvalue weighted by molar-refractivity contribution is 6.15. The van der Waals surface area contributed by atoms with Gasteiger partial charge in [-0.15, -0.1) is 0 Å². The third-order valence-corrected chi connectivity index (χ3v) is 4.75. The molecule has 140 valence electrons. The van der Waals surface area contributed by atoms with Crippen LogP contribution in [0, 0.1) is 5.21 Å². The lowest BCUT2D eigenvalue weighted by Crippen LogP contribution is -2.37. The van der Waals surface area contributed by atoms with Crippen LogP contribution in [-0.2, 0) is 6.18 Å². The molecule has 5 heteroatoms. The van der Waals surface area contributed by atoms with Crippen molar-refractivity contribution >= 4 is 11.8 Å². The summed E-state index contributed by atoms with van der Waals surface area (Å²) < 4.78 is 39.4. The summed E-state index contributed by atoms with van der Waals surface area (Å²) >= 11 is 0. The van der Waals surface area contributed by atoms with Crippen molar-refractivity contribution in [3.63, 3.8) is 0 Å². The van der Waals surface area contributed by atoms with Gasteiger partial charge in [-0.3, -0.25) is 0 Å². The molecule has 2 nitrogen and oxygen atoms in total. The lowest BCUT2D eigenvalue weighted by Gasteiger charge is -2.31. The van der Waals surface area contributed by atoms with Crippen molar-refractivity contribution in [1.82, 2.24) is 0 Å². The molecular weight excluding hydrogens is 363 g/mol. The number of hydroxylamine groups is 1. The Hall–Kier alpha value is -3.34. The van der Waals surface area contributed by atoms with Gasteiger partial charge < -0.3 is 5.21 Å². The summed E-state index contributed by atoms with van der Waals surface area (Å²) in [6.07, 6.45) is -2.59. The van der Waals surface area contributed by atoms with E-state index in [1.165, 1.54) is 12.1 Å². The zero-order chi connectivity index (χ0) is 19.7. The third-order valence-electron chi connectivity index (χ3n) is 4.75. The van der Waals surface area contributed by atoms with Gasteiger partial charge in [0.15, 0.2) is 0 Å². The summed E-state index contributed by atoms with van der Waals surface area (Å²) in [5.74, 6) is 0. The van der Waals surface area contributed by atoms with Crippen LogP contribution in [0.3, 0.4) is 0 Å². The van der Waals surface area contributed by atoms with Crippen molar-refractivity contribution in [2.75, 3.05) is 0 Å². The van der Waals surface area contributed by atoms with E-state index in [0.29, 0.717) is 11.3 Å². The molecule has 0 aliphatic carbocycles. The second-order valence-corrected chi connectivity index (χ2v) is 6.57. The molecule has 4 rings (SSSR count). The standard InChI is InChI=1S/C23H16F3NO/c24-23(25,26)19-13-11-16(12-14-19)15-20-21(17-7-3-1-4-8-17)27(28)22(20)18-9-5-2-6-10-18/h1-15,21H/b20-15+. The minimum Gasteiger partial charge on any atom is -0.623 e. The second-order valence-electron chi connectivity index (χ2n) is 6.57. The van der Waals surface area contributed by atoms with Crippen molar-refractivity contribution in [2.24, 2.45) is 0 Å². The molecule has 0 aromatic heterocycles. The highest BCUT2D eigenvalue weighted by Crippen LogP contribution is 2.38. The molecule has 0 radical (unpaired) electrons. The van der Waals surface area contributed by atoms with Crippen LogP contribution in [0.2, 0.25) is 0 Å². The first-order valence-corrected chi connectivity index (χ1v) is 8.78. The van der Waals surface area contributed by atoms with Crippen LogP contribution in [0.15, 0.2) is 90.5 Å². The van der Waals surface area contributed by atoms with Gasteiger partial charge in [0.05, 0.1) is 11.1 Å². The minimum atomic E-state index is -4.37. The molecular formula is C23H16F3NO. The molecule has 0 saturated heterocycles. The Balaban J connectivity index is 1.78. The van der Waals surface area contributed by atoms with E-state index in [9.17, 15) is 18.4 Å². The molecule has 1 aliphatic rings. The molecule has 1 unspecified atom stereocenters. The summed E-state index contributed by atoms with van der Waals surface area (Å²) in [4.78, 5) is 0. The molecule has 0 fully saturated rings. The van der Waals surface area contributed by atoms with Gasteiger partial charge in [-0.2, -0.15) is 17.9 Å². The fraction of sp³-hybridized carbons (Fsp3) is 0.0870. The lowest BCUT2D eigenvalue weighted by molar-refractivity contribution is -0.516. The Morgan fingerprint density at radius 2 is 1.36 bits per heavy atom. The van der Waals surface area contributed by atoms with Crippen molar-refractivity contribution < 1.29 is 17.9 Å². The van der Waals surface area contributed by atoms with E-state index in [1.54, 1.807) is 6.08 Å². The number of halogens is 3. The SMILES string of the molecule is [O-][N+]1=C(c2ccccc2)/C(=C/c2ccc(C(F)(F)F)cc2)C1c1ccccc1. The van der Waals surface area contributed by atoms with Crippen LogP contribution in [0.1, 0.15) is 28.3 Å². The predicted octanol–water partition coefficient (Wildman–Crippen LogP) is 5.84. The molecule has 0 saturated carbocycles. The first kappa shape index (κ1) is 18.0. The van der Waals surface area contributed by atoms with Gasteiger partial charge in [-0.1, -0.05) is 60.7 Å². The lowest BCUT2D eigenvalue weighted by atomic mass is 9.84. The van der Waals surface area contributed by atoms with E-state index in [2.05, 4.69) is 0 Å². The summed E-state index contributed by atoms with van der Waals surface area (Å²) in [5.41, 5.74) is 2.87. The normalized spacial score (nSPS) is 18.2. The molecule has 1 aliphatic heterocycles. The molecule has 0 amide bonds. The van der Waals surface area contributed by atoms with Crippen molar-refractivity contribution in [3.8, 4) is 0 Å². The maximum Gasteiger partial charge on any atom is 0.416 e.